The fourth-order valence-corrected chi connectivity index (χ4v) is 1.71. The third-order valence-electron chi connectivity index (χ3n) is 2.55. The number of nitro benzene ring substituents is 1. The number of nitro groups is 1. The summed E-state index contributed by atoms with van der Waals surface area (Å²) in [6.45, 7) is 1.19. The van der Waals surface area contributed by atoms with E-state index in [4.69, 9.17) is 11.0 Å². The summed E-state index contributed by atoms with van der Waals surface area (Å²) in [7, 11) is 0. The quantitative estimate of drug-likeness (QED) is 0.579. The molecule has 0 radical (unpaired) electrons. The zero-order valence-electron chi connectivity index (χ0n) is 8.46. The lowest BCUT2D eigenvalue weighted by molar-refractivity contribution is -0.384. The van der Waals surface area contributed by atoms with E-state index in [1.165, 1.54) is 18.2 Å². The van der Waals surface area contributed by atoms with Crippen molar-refractivity contribution in [1.29, 1.82) is 5.26 Å². The Kier molecular flexibility index (Phi) is 2.46. The van der Waals surface area contributed by atoms with E-state index in [0.717, 1.165) is 0 Å². The van der Waals surface area contributed by atoms with Crippen molar-refractivity contribution in [3.05, 3.63) is 33.9 Å². The van der Waals surface area contributed by atoms with Gasteiger partial charge in [-0.15, -0.1) is 0 Å². The molecule has 6 nitrogen and oxygen atoms in total. The molecule has 0 aliphatic carbocycles. The topological polar surface area (TPSA) is 96.2 Å². The summed E-state index contributed by atoms with van der Waals surface area (Å²) < 4.78 is 0. The first-order valence-corrected chi connectivity index (χ1v) is 4.81. The van der Waals surface area contributed by atoms with Gasteiger partial charge in [-0.25, -0.2) is 0 Å². The maximum absolute atomic E-state index is 10.8. The molecule has 0 saturated carbocycles. The van der Waals surface area contributed by atoms with Gasteiger partial charge in [-0.2, -0.15) is 5.26 Å². The van der Waals surface area contributed by atoms with Gasteiger partial charge in [0.2, 0.25) is 0 Å². The molecular weight excluding hydrogens is 208 g/mol. The van der Waals surface area contributed by atoms with Crippen molar-refractivity contribution in [3.8, 4) is 6.07 Å². The van der Waals surface area contributed by atoms with Crippen LogP contribution in [0.3, 0.4) is 0 Å². The molecule has 2 N–H and O–H groups in total. The van der Waals surface area contributed by atoms with Gasteiger partial charge in [0, 0.05) is 25.2 Å². The van der Waals surface area contributed by atoms with Crippen LogP contribution in [-0.4, -0.2) is 24.1 Å². The second-order valence-electron chi connectivity index (χ2n) is 3.74. The molecule has 0 unspecified atom stereocenters. The predicted molar refractivity (Wildman–Crippen MR) is 58.0 cm³/mol. The van der Waals surface area contributed by atoms with Crippen LogP contribution in [0.4, 0.5) is 11.4 Å². The largest absolute Gasteiger partial charge is 0.363 e. The minimum atomic E-state index is -0.444. The number of nitrogens with zero attached hydrogens (tertiary/aromatic N) is 3. The monoisotopic (exact) mass is 218 g/mol. The standard InChI is InChI=1S/C10H10N4O2/c11-4-7-1-2-9(14(15)16)10(3-7)13-5-8(12)6-13/h1-3,8H,5-6,12H2. The van der Waals surface area contributed by atoms with Crippen LogP contribution in [0, 0.1) is 21.4 Å². The SMILES string of the molecule is N#Cc1ccc([N+](=O)[O-])c(N2CC(N)C2)c1. The fourth-order valence-electron chi connectivity index (χ4n) is 1.71. The number of rotatable bonds is 2. The maximum Gasteiger partial charge on any atom is 0.292 e. The summed E-state index contributed by atoms with van der Waals surface area (Å²) in [6, 6.07) is 6.36. The normalized spacial score (nSPS) is 15.4. The molecule has 1 saturated heterocycles. The molecule has 0 atom stereocenters. The Bertz CT molecular complexity index is 474. The predicted octanol–water partition coefficient (Wildman–Crippen LogP) is 0.614. The van der Waals surface area contributed by atoms with Gasteiger partial charge < -0.3 is 10.6 Å². The third kappa shape index (κ3) is 1.68. The average Bonchev–Trinajstić information content (AvgIpc) is 2.23. The van der Waals surface area contributed by atoms with Crippen molar-refractivity contribution >= 4 is 11.4 Å². The lowest BCUT2D eigenvalue weighted by Gasteiger charge is -2.38. The molecule has 0 amide bonds. The zero-order valence-corrected chi connectivity index (χ0v) is 8.46. The molecular formula is C10H10N4O2. The molecule has 1 fully saturated rings. The Morgan fingerprint density at radius 3 is 2.75 bits per heavy atom. The Balaban J connectivity index is 2.39. The van der Waals surface area contributed by atoms with E-state index in [0.29, 0.717) is 24.3 Å². The van der Waals surface area contributed by atoms with Gasteiger partial charge in [0.25, 0.3) is 5.69 Å². The number of hydrogen-bond donors (Lipinski definition) is 1. The van der Waals surface area contributed by atoms with E-state index in [-0.39, 0.29) is 11.7 Å². The van der Waals surface area contributed by atoms with E-state index in [2.05, 4.69) is 0 Å². The molecule has 1 aliphatic rings. The van der Waals surface area contributed by atoms with Crippen LogP contribution < -0.4 is 10.6 Å². The molecule has 82 valence electrons. The van der Waals surface area contributed by atoms with Crippen LogP contribution in [-0.2, 0) is 0 Å². The molecule has 6 heteroatoms. The number of benzene rings is 1. The van der Waals surface area contributed by atoms with E-state index >= 15 is 0 Å². The molecule has 1 aromatic rings. The van der Waals surface area contributed by atoms with E-state index in [9.17, 15) is 10.1 Å². The molecule has 1 aromatic carbocycles. The van der Waals surface area contributed by atoms with Crippen molar-refractivity contribution in [2.24, 2.45) is 5.73 Å². The minimum Gasteiger partial charge on any atom is -0.363 e. The first kappa shape index (κ1) is 10.4. The van der Waals surface area contributed by atoms with Gasteiger partial charge in [-0.1, -0.05) is 0 Å². The molecule has 2 rings (SSSR count). The first-order chi connectivity index (χ1) is 7.61. The highest BCUT2D eigenvalue weighted by atomic mass is 16.6. The molecule has 0 spiro atoms. The minimum absolute atomic E-state index is 0.0194. The van der Waals surface area contributed by atoms with E-state index < -0.39 is 4.92 Å². The Labute approximate surface area is 92.0 Å². The summed E-state index contributed by atoms with van der Waals surface area (Å²) in [4.78, 5) is 12.2. The summed E-state index contributed by atoms with van der Waals surface area (Å²) in [5, 5.41) is 19.6. The molecule has 1 aliphatic heterocycles. The van der Waals surface area contributed by atoms with Gasteiger partial charge in [0.1, 0.15) is 5.69 Å². The Hall–Kier alpha value is -2.13. The number of nitriles is 1. The van der Waals surface area contributed by atoms with Crippen molar-refractivity contribution < 1.29 is 4.92 Å². The van der Waals surface area contributed by atoms with Gasteiger partial charge in [-0.05, 0) is 12.1 Å². The highest BCUT2D eigenvalue weighted by Crippen LogP contribution is 2.31. The summed E-state index contributed by atoms with van der Waals surface area (Å²) in [5.74, 6) is 0. The van der Waals surface area contributed by atoms with Crippen LogP contribution >= 0.6 is 0 Å². The first-order valence-electron chi connectivity index (χ1n) is 4.81. The van der Waals surface area contributed by atoms with Crippen LogP contribution in [0.25, 0.3) is 0 Å². The third-order valence-corrected chi connectivity index (χ3v) is 2.55. The highest BCUT2D eigenvalue weighted by molar-refractivity contribution is 5.67. The second kappa shape index (κ2) is 3.79. The summed E-state index contributed by atoms with van der Waals surface area (Å²) in [5.41, 5.74) is 6.54. The Morgan fingerprint density at radius 1 is 1.56 bits per heavy atom. The maximum atomic E-state index is 10.8. The van der Waals surface area contributed by atoms with E-state index in [1.54, 1.807) is 0 Å². The van der Waals surface area contributed by atoms with Gasteiger partial charge >= 0.3 is 0 Å². The highest BCUT2D eigenvalue weighted by Gasteiger charge is 2.29. The lowest BCUT2D eigenvalue weighted by atomic mass is 10.1. The number of nitrogens with two attached hydrogens (primary N) is 1. The smallest absolute Gasteiger partial charge is 0.292 e. The van der Waals surface area contributed by atoms with E-state index in [1.807, 2.05) is 11.0 Å². The Morgan fingerprint density at radius 2 is 2.25 bits per heavy atom. The van der Waals surface area contributed by atoms with Crippen LogP contribution in [0.2, 0.25) is 0 Å². The molecule has 1 heterocycles. The molecule has 0 aromatic heterocycles. The van der Waals surface area contributed by atoms with Crippen LogP contribution in [0.1, 0.15) is 5.56 Å². The number of hydrogen-bond acceptors (Lipinski definition) is 5. The molecule has 16 heavy (non-hydrogen) atoms. The van der Waals surface area contributed by atoms with Crippen molar-refractivity contribution in [2.45, 2.75) is 6.04 Å². The summed E-state index contributed by atoms with van der Waals surface area (Å²) >= 11 is 0. The lowest BCUT2D eigenvalue weighted by Crippen LogP contribution is -2.56. The average molecular weight is 218 g/mol. The zero-order chi connectivity index (χ0) is 11.7. The van der Waals surface area contributed by atoms with Crippen molar-refractivity contribution in [1.82, 2.24) is 0 Å². The van der Waals surface area contributed by atoms with Gasteiger partial charge in [-0.3, -0.25) is 10.1 Å². The second-order valence-corrected chi connectivity index (χ2v) is 3.74. The number of anilines is 1. The summed E-state index contributed by atoms with van der Waals surface area (Å²) in [6.07, 6.45) is 0. The molecule has 0 bridgehead atoms. The van der Waals surface area contributed by atoms with Crippen LogP contribution in [0.5, 0.6) is 0 Å². The van der Waals surface area contributed by atoms with Crippen molar-refractivity contribution in [2.75, 3.05) is 18.0 Å². The van der Waals surface area contributed by atoms with Gasteiger partial charge in [0.05, 0.1) is 16.6 Å². The van der Waals surface area contributed by atoms with Crippen LogP contribution in [0.15, 0.2) is 18.2 Å². The van der Waals surface area contributed by atoms with Gasteiger partial charge in [0.15, 0.2) is 0 Å². The van der Waals surface area contributed by atoms with Crippen molar-refractivity contribution in [3.63, 3.8) is 0 Å². The fraction of sp³-hybridized carbons (Fsp3) is 0.300.